The van der Waals surface area contributed by atoms with Crippen LogP contribution in [0.3, 0.4) is 0 Å². The van der Waals surface area contributed by atoms with Crippen molar-refractivity contribution in [2.75, 3.05) is 43.1 Å². The van der Waals surface area contributed by atoms with Crippen molar-refractivity contribution in [1.82, 2.24) is 5.32 Å². The Morgan fingerprint density at radius 3 is 2.41 bits per heavy atom. The summed E-state index contributed by atoms with van der Waals surface area (Å²) in [6, 6.07) is 5.72. The Balaban J connectivity index is 1.89. The molecule has 1 fully saturated rings. The molecule has 0 saturated carbocycles. The van der Waals surface area contributed by atoms with Crippen LogP contribution in [0.25, 0.3) is 0 Å². The second-order valence-electron chi connectivity index (χ2n) is 8.65. The number of benzene rings is 1. The minimum atomic E-state index is -0.0911. The van der Waals surface area contributed by atoms with Gasteiger partial charge < -0.3 is 20.3 Å². The first-order chi connectivity index (χ1) is 15.7. The van der Waals surface area contributed by atoms with Crippen molar-refractivity contribution >= 4 is 23.2 Å². The van der Waals surface area contributed by atoms with E-state index in [1.807, 2.05) is 25.1 Å². The molecular formula is C26H43N3O3. The van der Waals surface area contributed by atoms with Crippen LogP contribution >= 0.6 is 0 Å². The lowest BCUT2D eigenvalue weighted by Crippen LogP contribution is -2.29. The van der Waals surface area contributed by atoms with Crippen LogP contribution in [0, 0.1) is 0 Å². The Morgan fingerprint density at radius 1 is 0.969 bits per heavy atom. The van der Waals surface area contributed by atoms with E-state index in [9.17, 15) is 9.59 Å². The van der Waals surface area contributed by atoms with Crippen molar-refractivity contribution in [3.8, 4) is 0 Å². The smallest absolute Gasteiger partial charge is 0.253 e. The van der Waals surface area contributed by atoms with E-state index in [2.05, 4.69) is 22.5 Å². The van der Waals surface area contributed by atoms with E-state index in [-0.39, 0.29) is 11.8 Å². The molecule has 0 aliphatic carbocycles. The number of carbonyl (C=O) groups excluding carboxylic acids is 2. The van der Waals surface area contributed by atoms with E-state index in [1.165, 1.54) is 32.1 Å². The molecular weight excluding hydrogens is 402 g/mol. The van der Waals surface area contributed by atoms with Crippen LogP contribution in [0.1, 0.15) is 94.8 Å². The van der Waals surface area contributed by atoms with E-state index < -0.39 is 0 Å². The number of amides is 2. The van der Waals surface area contributed by atoms with Crippen LogP contribution in [0.4, 0.5) is 11.4 Å². The molecule has 2 N–H and O–H groups in total. The number of unbranched alkanes of at least 4 members (excludes halogenated alkanes) is 6. The molecule has 1 aliphatic rings. The predicted molar refractivity (Wildman–Crippen MR) is 133 cm³/mol. The monoisotopic (exact) mass is 445 g/mol. The third-order valence-electron chi connectivity index (χ3n) is 5.93. The lowest BCUT2D eigenvalue weighted by atomic mass is 10.1. The first-order valence-corrected chi connectivity index (χ1v) is 12.7. The van der Waals surface area contributed by atoms with Crippen molar-refractivity contribution < 1.29 is 14.3 Å². The highest BCUT2D eigenvalue weighted by Crippen LogP contribution is 2.27. The Kier molecular flexibility index (Phi) is 12.8. The molecule has 2 rings (SSSR count). The first-order valence-electron chi connectivity index (χ1n) is 12.7. The Labute approximate surface area is 194 Å². The molecule has 1 aromatic rings. The number of hydrogen-bond acceptors (Lipinski definition) is 4. The summed E-state index contributed by atoms with van der Waals surface area (Å²) in [5.41, 5.74) is 2.28. The molecule has 6 nitrogen and oxygen atoms in total. The molecule has 0 aromatic heterocycles. The van der Waals surface area contributed by atoms with Crippen molar-refractivity contribution in [2.45, 2.75) is 84.5 Å². The number of hydrogen-bond donors (Lipinski definition) is 2. The second kappa shape index (κ2) is 15.7. The Bertz CT molecular complexity index is 687. The van der Waals surface area contributed by atoms with Gasteiger partial charge in [0.05, 0.1) is 5.56 Å². The highest BCUT2D eigenvalue weighted by molar-refractivity contribution is 6.02. The minimum absolute atomic E-state index is 0.0237. The number of ether oxygens (including phenoxy) is 1. The molecule has 32 heavy (non-hydrogen) atoms. The lowest BCUT2D eigenvalue weighted by Gasteiger charge is -2.22. The lowest BCUT2D eigenvalue weighted by molar-refractivity contribution is -0.116. The number of nitrogens with one attached hydrogen (secondary N) is 2. The molecule has 2 amide bonds. The topological polar surface area (TPSA) is 70.7 Å². The fraction of sp³-hybridized carbons (Fsp3) is 0.692. The van der Waals surface area contributed by atoms with Crippen molar-refractivity contribution in [2.24, 2.45) is 0 Å². The summed E-state index contributed by atoms with van der Waals surface area (Å²) < 4.78 is 5.35. The van der Waals surface area contributed by atoms with E-state index in [0.29, 0.717) is 37.4 Å². The van der Waals surface area contributed by atoms with E-state index in [1.54, 1.807) is 0 Å². The fourth-order valence-corrected chi connectivity index (χ4v) is 4.11. The van der Waals surface area contributed by atoms with Gasteiger partial charge in [0, 0.05) is 50.6 Å². The molecule has 0 bridgehead atoms. The molecule has 6 heteroatoms. The highest BCUT2D eigenvalue weighted by Gasteiger charge is 2.20. The zero-order valence-electron chi connectivity index (χ0n) is 20.2. The molecule has 0 unspecified atom stereocenters. The van der Waals surface area contributed by atoms with Crippen LogP contribution in [0.2, 0.25) is 0 Å². The van der Waals surface area contributed by atoms with Crippen molar-refractivity contribution in [3.63, 3.8) is 0 Å². The van der Waals surface area contributed by atoms with Gasteiger partial charge in [-0.2, -0.15) is 0 Å². The third-order valence-corrected chi connectivity index (χ3v) is 5.93. The van der Waals surface area contributed by atoms with Gasteiger partial charge in [0.2, 0.25) is 5.91 Å². The van der Waals surface area contributed by atoms with Gasteiger partial charge in [-0.25, -0.2) is 0 Å². The van der Waals surface area contributed by atoms with Gasteiger partial charge in [-0.15, -0.1) is 0 Å². The number of rotatable bonds is 16. The summed E-state index contributed by atoms with van der Waals surface area (Å²) in [7, 11) is 0. The summed E-state index contributed by atoms with van der Waals surface area (Å²) in [4.78, 5) is 27.6. The highest BCUT2D eigenvalue weighted by atomic mass is 16.5. The molecule has 1 aromatic carbocycles. The maximum atomic E-state index is 12.9. The van der Waals surface area contributed by atoms with Crippen LogP contribution in [-0.2, 0) is 9.53 Å². The molecule has 1 aliphatic heterocycles. The van der Waals surface area contributed by atoms with Crippen LogP contribution in [0.15, 0.2) is 18.2 Å². The molecule has 0 radical (unpaired) electrons. The number of anilines is 2. The summed E-state index contributed by atoms with van der Waals surface area (Å²) >= 11 is 0. The van der Waals surface area contributed by atoms with Crippen LogP contribution in [-0.4, -0.2) is 44.7 Å². The summed E-state index contributed by atoms with van der Waals surface area (Å²) in [5.74, 6) is -0.0675. The third kappa shape index (κ3) is 9.60. The average Bonchev–Trinajstić information content (AvgIpc) is 3.33. The predicted octanol–water partition coefficient (Wildman–Crippen LogP) is 5.52. The van der Waals surface area contributed by atoms with Gasteiger partial charge in [-0.3, -0.25) is 9.59 Å². The number of carbonyl (C=O) groups is 2. The maximum Gasteiger partial charge on any atom is 0.253 e. The van der Waals surface area contributed by atoms with E-state index >= 15 is 0 Å². The molecule has 0 atom stereocenters. The fourth-order valence-electron chi connectivity index (χ4n) is 4.11. The van der Waals surface area contributed by atoms with Gasteiger partial charge >= 0.3 is 0 Å². The van der Waals surface area contributed by atoms with Gasteiger partial charge in [-0.1, -0.05) is 45.4 Å². The van der Waals surface area contributed by atoms with E-state index in [0.717, 1.165) is 50.9 Å². The zero-order valence-corrected chi connectivity index (χ0v) is 20.2. The van der Waals surface area contributed by atoms with Crippen molar-refractivity contribution in [3.05, 3.63) is 23.8 Å². The number of nitrogens with zero attached hydrogens (tertiary/aromatic N) is 1. The Hall–Kier alpha value is -2.08. The first kappa shape index (κ1) is 26.2. The van der Waals surface area contributed by atoms with Crippen LogP contribution in [0.5, 0.6) is 0 Å². The average molecular weight is 446 g/mol. The largest absolute Gasteiger partial charge is 0.382 e. The summed E-state index contributed by atoms with van der Waals surface area (Å²) in [6.45, 7) is 8.03. The molecule has 180 valence electrons. The van der Waals surface area contributed by atoms with Gasteiger partial charge in [0.15, 0.2) is 0 Å². The van der Waals surface area contributed by atoms with Gasteiger partial charge in [-0.05, 0) is 50.8 Å². The van der Waals surface area contributed by atoms with Crippen LogP contribution < -0.4 is 15.5 Å². The standard InChI is InChI=1S/C26H43N3O3/c1-3-5-6-7-8-9-10-14-25(30)28-22-15-16-24(29-18-11-12-19-29)23(21-22)26(31)27-17-13-20-32-4-2/h15-16,21H,3-14,17-20H2,1-2H3,(H,27,31)(H,28,30). The normalized spacial score (nSPS) is 13.4. The molecule has 0 spiro atoms. The van der Waals surface area contributed by atoms with Gasteiger partial charge in [0.25, 0.3) is 5.91 Å². The Morgan fingerprint density at radius 2 is 1.69 bits per heavy atom. The maximum absolute atomic E-state index is 12.9. The van der Waals surface area contributed by atoms with E-state index in [4.69, 9.17) is 4.74 Å². The van der Waals surface area contributed by atoms with Gasteiger partial charge in [0.1, 0.15) is 0 Å². The summed E-state index contributed by atoms with van der Waals surface area (Å²) in [5, 5.41) is 6.00. The SMILES string of the molecule is CCCCCCCCCC(=O)Nc1ccc(N2CCCC2)c(C(=O)NCCCOCC)c1. The quantitative estimate of drug-likeness (QED) is 0.329. The van der Waals surface area contributed by atoms with Crippen molar-refractivity contribution in [1.29, 1.82) is 0 Å². The second-order valence-corrected chi connectivity index (χ2v) is 8.65. The molecule has 1 heterocycles. The minimum Gasteiger partial charge on any atom is -0.382 e. The zero-order chi connectivity index (χ0) is 23.0. The summed E-state index contributed by atoms with van der Waals surface area (Å²) in [6.07, 6.45) is 11.9. The molecule has 1 saturated heterocycles.